The van der Waals surface area contributed by atoms with Crippen LogP contribution in [0.25, 0.3) is 12.2 Å². The second kappa shape index (κ2) is 15.3. The zero-order valence-electron chi connectivity index (χ0n) is 23.7. The van der Waals surface area contributed by atoms with E-state index in [1.165, 1.54) is 0 Å². The van der Waals surface area contributed by atoms with Crippen molar-refractivity contribution < 1.29 is 19.1 Å². The first-order valence-corrected chi connectivity index (χ1v) is 15.3. The van der Waals surface area contributed by atoms with Crippen LogP contribution in [0.2, 0.25) is 0 Å². The fraction of sp³-hybridized carbons (Fsp3) is 0.333. The molecule has 0 saturated carbocycles. The number of hydrogen-bond acceptors (Lipinski definition) is 8. The highest BCUT2D eigenvalue weighted by Gasteiger charge is 2.19. The molecule has 2 aliphatic rings. The Labute approximate surface area is 244 Å². The molecule has 40 heavy (non-hydrogen) atoms. The molecule has 2 atom stereocenters. The molecule has 8 nitrogen and oxygen atoms in total. The number of carbonyl (C=O) groups excluding carboxylic acids is 2. The predicted molar refractivity (Wildman–Crippen MR) is 166 cm³/mol. The number of hydrazone groups is 2. The van der Waals surface area contributed by atoms with E-state index in [2.05, 4.69) is 27.1 Å². The number of hydrogen-bond donors (Lipinski definition) is 2. The molecule has 0 aromatic heterocycles. The van der Waals surface area contributed by atoms with E-state index in [1.807, 2.05) is 81.0 Å². The molecular weight excluding hydrogens is 544 g/mol. The standard InChI is InChI=1S/2C15H18N2O2S/c1-10-8-15(18)17-16-13(10)7-5-11-4-6-12(19-2)9-14(11)20-3;1-10-8-15(18)17-16-12(10)6-4-11-5-7-13(19-2)14(9-11)20-3/h2*4-7,9-10H,8H2,1-3H3,(H,17,18). The second-order valence-corrected chi connectivity index (χ2v) is 10.9. The topological polar surface area (TPSA) is 101 Å². The van der Waals surface area contributed by atoms with E-state index in [1.54, 1.807) is 37.7 Å². The number of methoxy groups -OCH3 is 2. The first-order chi connectivity index (χ1) is 19.3. The number of rotatable bonds is 8. The van der Waals surface area contributed by atoms with E-state index in [-0.39, 0.29) is 23.7 Å². The van der Waals surface area contributed by atoms with E-state index in [0.29, 0.717) is 12.8 Å². The molecule has 0 aliphatic carbocycles. The van der Waals surface area contributed by atoms with Crippen LogP contribution >= 0.6 is 23.5 Å². The lowest BCUT2D eigenvalue weighted by molar-refractivity contribution is -0.122. The van der Waals surface area contributed by atoms with Crippen molar-refractivity contribution >= 4 is 58.9 Å². The maximum absolute atomic E-state index is 11.2. The lowest BCUT2D eigenvalue weighted by Gasteiger charge is -2.16. The molecule has 0 fully saturated rings. The van der Waals surface area contributed by atoms with Crippen LogP contribution in [0.5, 0.6) is 11.5 Å². The van der Waals surface area contributed by atoms with Crippen LogP contribution in [-0.2, 0) is 9.59 Å². The molecule has 4 rings (SSSR count). The van der Waals surface area contributed by atoms with Crippen molar-refractivity contribution in [3.8, 4) is 11.5 Å². The highest BCUT2D eigenvalue weighted by molar-refractivity contribution is 7.99. The van der Waals surface area contributed by atoms with Gasteiger partial charge in [0.15, 0.2) is 0 Å². The van der Waals surface area contributed by atoms with Crippen LogP contribution in [0, 0.1) is 11.8 Å². The summed E-state index contributed by atoms with van der Waals surface area (Å²) in [6.07, 6.45) is 13.0. The molecule has 212 valence electrons. The number of amides is 2. The van der Waals surface area contributed by atoms with Gasteiger partial charge in [0.2, 0.25) is 11.8 Å². The first kappa shape index (κ1) is 31.0. The number of nitrogens with one attached hydrogen (secondary N) is 2. The summed E-state index contributed by atoms with van der Waals surface area (Å²) in [4.78, 5) is 24.6. The van der Waals surface area contributed by atoms with E-state index >= 15 is 0 Å². The van der Waals surface area contributed by atoms with Gasteiger partial charge in [-0.2, -0.15) is 10.2 Å². The summed E-state index contributed by atoms with van der Waals surface area (Å²) in [5.41, 5.74) is 9.02. The first-order valence-electron chi connectivity index (χ1n) is 12.8. The molecule has 10 heteroatoms. The molecule has 2 aliphatic heterocycles. The van der Waals surface area contributed by atoms with Gasteiger partial charge >= 0.3 is 0 Å². The fourth-order valence-electron chi connectivity index (χ4n) is 4.00. The minimum Gasteiger partial charge on any atom is -0.497 e. The van der Waals surface area contributed by atoms with Crippen molar-refractivity contribution in [3.05, 3.63) is 59.7 Å². The number of benzene rings is 2. The summed E-state index contributed by atoms with van der Waals surface area (Å²) in [6, 6.07) is 12.0. The van der Waals surface area contributed by atoms with Crippen molar-refractivity contribution in [2.45, 2.75) is 36.5 Å². The number of carbonyl (C=O) groups is 2. The van der Waals surface area contributed by atoms with Crippen LogP contribution in [-0.4, -0.2) is 50.0 Å². The lowest BCUT2D eigenvalue weighted by Crippen LogP contribution is -2.30. The maximum Gasteiger partial charge on any atom is 0.240 e. The van der Waals surface area contributed by atoms with Crippen molar-refractivity contribution in [1.29, 1.82) is 0 Å². The third kappa shape index (κ3) is 8.76. The van der Waals surface area contributed by atoms with Crippen LogP contribution in [0.3, 0.4) is 0 Å². The Morgan fingerprint density at radius 1 is 0.775 bits per heavy atom. The summed E-state index contributed by atoms with van der Waals surface area (Å²) < 4.78 is 10.5. The minimum absolute atomic E-state index is 0.0242. The van der Waals surface area contributed by atoms with Crippen LogP contribution in [0.15, 0.2) is 68.5 Å². The monoisotopic (exact) mass is 580 g/mol. The number of allylic oxidation sites excluding steroid dienone is 2. The summed E-state index contributed by atoms with van der Waals surface area (Å²) in [5, 5.41) is 8.18. The van der Waals surface area contributed by atoms with Gasteiger partial charge in [-0.1, -0.05) is 38.1 Å². The number of thioether (sulfide) groups is 2. The lowest BCUT2D eigenvalue weighted by atomic mass is 9.99. The van der Waals surface area contributed by atoms with E-state index in [4.69, 9.17) is 9.47 Å². The highest BCUT2D eigenvalue weighted by Crippen LogP contribution is 2.29. The average molecular weight is 581 g/mol. The molecule has 2 unspecified atom stereocenters. The zero-order valence-corrected chi connectivity index (χ0v) is 25.3. The Morgan fingerprint density at radius 2 is 1.38 bits per heavy atom. The molecular formula is C30H36N4O4S2. The van der Waals surface area contributed by atoms with Gasteiger partial charge in [-0.05, 0) is 60.1 Å². The largest absolute Gasteiger partial charge is 0.497 e. The Kier molecular flexibility index (Phi) is 11.9. The smallest absolute Gasteiger partial charge is 0.240 e. The van der Waals surface area contributed by atoms with Gasteiger partial charge in [0.25, 0.3) is 0 Å². The molecule has 2 aromatic carbocycles. The molecule has 2 heterocycles. The third-order valence-electron chi connectivity index (χ3n) is 6.34. The van der Waals surface area contributed by atoms with Crippen LogP contribution in [0.4, 0.5) is 0 Å². The third-order valence-corrected chi connectivity index (χ3v) is 7.89. The Morgan fingerprint density at radius 3 is 1.90 bits per heavy atom. The maximum atomic E-state index is 11.2. The molecule has 0 spiro atoms. The molecule has 0 saturated heterocycles. The van der Waals surface area contributed by atoms with Gasteiger partial charge in [-0.25, -0.2) is 10.9 Å². The fourth-order valence-corrected chi connectivity index (χ4v) is 5.22. The molecule has 0 bridgehead atoms. The predicted octanol–water partition coefficient (Wildman–Crippen LogP) is 5.88. The number of ether oxygens (including phenoxy) is 2. The van der Waals surface area contributed by atoms with Crippen molar-refractivity contribution in [1.82, 2.24) is 10.9 Å². The quantitative estimate of drug-likeness (QED) is 0.378. The summed E-state index contributed by atoms with van der Waals surface area (Å²) in [7, 11) is 3.34. The van der Waals surface area contributed by atoms with Gasteiger partial charge < -0.3 is 9.47 Å². The minimum atomic E-state index is -0.0243. The number of nitrogens with zero attached hydrogens (tertiary/aromatic N) is 2. The van der Waals surface area contributed by atoms with Crippen molar-refractivity contribution in [2.75, 3.05) is 26.7 Å². The Balaban J connectivity index is 0.000000220. The molecule has 0 radical (unpaired) electrons. The van der Waals surface area contributed by atoms with E-state index < -0.39 is 0 Å². The molecule has 2 aromatic rings. The van der Waals surface area contributed by atoms with Gasteiger partial charge in [-0.15, -0.1) is 23.5 Å². The van der Waals surface area contributed by atoms with Crippen LogP contribution < -0.4 is 20.3 Å². The SMILES string of the molecule is COc1ccc(C=CC2=NNC(=O)CC2C)c(SC)c1.COc1ccc(C=CC2=NNC(=O)CC2C)cc1SC. The average Bonchev–Trinajstić information content (AvgIpc) is 2.96. The van der Waals surface area contributed by atoms with Crippen molar-refractivity contribution in [3.63, 3.8) is 0 Å². The van der Waals surface area contributed by atoms with Crippen molar-refractivity contribution in [2.24, 2.45) is 22.0 Å². The molecule has 2 N–H and O–H groups in total. The highest BCUT2D eigenvalue weighted by atomic mass is 32.2. The Bertz CT molecular complexity index is 1340. The normalized spacial score (nSPS) is 18.9. The van der Waals surface area contributed by atoms with Gasteiger partial charge in [0, 0.05) is 34.5 Å². The summed E-state index contributed by atoms with van der Waals surface area (Å²) in [6.45, 7) is 4.01. The Hall–Kier alpha value is -3.50. The van der Waals surface area contributed by atoms with E-state index in [9.17, 15) is 9.59 Å². The van der Waals surface area contributed by atoms with Gasteiger partial charge in [-0.3, -0.25) is 9.59 Å². The second-order valence-electron chi connectivity index (χ2n) is 9.24. The van der Waals surface area contributed by atoms with Gasteiger partial charge in [0.05, 0.1) is 25.6 Å². The summed E-state index contributed by atoms with van der Waals surface area (Å²) >= 11 is 3.32. The van der Waals surface area contributed by atoms with Gasteiger partial charge in [0.1, 0.15) is 11.5 Å². The van der Waals surface area contributed by atoms with Crippen LogP contribution in [0.1, 0.15) is 37.8 Å². The van der Waals surface area contributed by atoms with E-state index in [0.717, 1.165) is 43.8 Å². The molecule has 2 amide bonds. The summed E-state index contributed by atoms with van der Waals surface area (Å²) in [5.74, 6) is 1.98. The zero-order chi connectivity index (χ0) is 29.1.